The van der Waals surface area contributed by atoms with Crippen molar-refractivity contribution in [3.8, 4) is 23.4 Å². The highest BCUT2D eigenvalue weighted by atomic mass is 35.5. The molecule has 0 fully saturated rings. The zero-order valence-electron chi connectivity index (χ0n) is 17.6. The molecule has 0 amide bonds. The maximum Gasteiger partial charge on any atom is 0.232 e. The number of fused-ring (bicyclic) bond motifs is 1. The van der Waals surface area contributed by atoms with Gasteiger partial charge >= 0.3 is 0 Å². The summed E-state index contributed by atoms with van der Waals surface area (Å²) in [5.41, 5.74) is 4.49. The number of hydrogen-bond donors (Lipinski definition) is 0. The van der Waals surface area contributed by atoms with Crippen molar-refractivity contribution in [3.63, 3.8) is 0 Å². The molecule has 32 heavy (non-hydrogen) atoms. The average Bonchev–Trinajstić information content (AvgIpc) is 2.83. The van der Waals surface area contributed by atoms with E-state index in [1.807, 2.05) is 54.6 Å². The van der Waals surface area contributed by atoms with Crippen molar-refractivity contribution in [2.24, 2.45) is 0 Å². The Hall–Kier alpha value is -3.82. The second-order valence-corrected chi connectivity index (χ2v) is 7.51. The molecule has 0 aliphatic rings. The maximum atomic E-state index is 9.79. The van der Waals surface area contributed by atoms with Crippen LogP contribution in [0.25, 0.3) is 11.0 Å². The molecule has 0 atom stereocenters. The van der Waals surface area contributed by atoms with Crippen molar-refractivity contribution in [1.82, 2.24) is 9.97 Å². The molecule has 4 aromatic rings. The number of rotatable bonds is 7. The fourth-order valence-corrected chi connectivity index (χ4v) is 3.50. The van der Waals surface area contributed by atoms with E-state index in [-0.39, 0.29) is 0 Å². The van der Waals surface area contributed by atoms with Crippen molar-refractivity contribution in [2.45, 2.75) is 13.0 Å². The number of methoxy groups -OCH3 is 2. The first-order valence-corrected chi connectivity index (χ1v) is 10.3. The van der Waals surface area contributed by atoms with Gasteiger partial charge in [-0.1, -0.05) is 35.9 Å². The lowest BCUT2D eigenvalue weighted by Crippen LogP contribution is -2.00. The highest BCUT2D eigenvalue weighted by Gasteiger charge is 2.13. The summed E-state index contributed by atoms with van der Waals surface area (Å²) in [6, 6.07) is 19.3. The molecule has 0 radical (unpaired) electrons. The molecule has 6 nitrogen and oxygen atoms in total. The molecule has 0 aliphatic carbocycles. The average molecular weight is 446 g/mol. The Morgan fingerprint density at radius 3 is 2.44 bits per heavy atom. The minimum absolute atomic E-state index is 0.370. The fraction of sp³-hybridized carbons (Fsp3) is 0.160. The van der Waals surface area contributed by atoms with Gasteiger partial charge in [-0.25, -0.2) is 9.97 Å². The topological polar surface area (TPSA) is 77.3 Å². The number of nitrogens with zero attached hydrogens (tertiary/aromatic N) is 3. The smallest absolute Gasteiger partial charge is 0.232 e. The number of aromatic nitrogens is 2. The zero-order valence-corrected chi connectivity index (χ0v) is 18.4. The lowest BCUT2D eigenvalue weighted by molar-refractivity contribution is 0.284. The minimum Gasteiger partial charge on any atom is -0.493 e. The monoisotopic (exact) mass is 445 g/mol. The van der Waals surface area contributed by atoms with Crippen LogP contribution in [0.3, 0.4) is 0 Å². The molecular formula is C25H20ClN3O3. The third-order valence-electron chi connectivity index (χ3n) is 5.03. The van der Waals surface area contributed by atoms with Crippen molar-refractivity contribution >= 4 is 22.6 Å². The van der Waals surface area contributed by atoms with Gasteiger partial charge in [0.1, 0.15) is 18.2 Å². The van der Waals surface area contributed by atoms with Gasteiger partial charge < -0.3 is 14.2 Å². The second-order valence-electron chi connectivity index (χ2n) is 7.07. The van der Waals surface area contributed by atoms with Gasteiger partial charge in [-0.05, 0) is 53.4 Å². The first-order valence-electron chi connectivity index (χ1n) is 9.88. The molecule has 0 bridgehead atoms. The molecule has 3 aromatic carbocycles. The fourth-order valence-electron chi connectivity index (χ4n) is 3.38. The Morgan fingerprint density at radius 2 is 1.72 bits per heavy atom. The number of benzene rings is 3. The van der Waals surface area contributed by atoms with Crippen LogP contribution < -0.4 is 14.2 Å². The first-order chi connectivity index (χ1) is 15.6. The van der Waals surface area contributed by atoms with Crippen molar-refractivity contribution in [2.75, 3.05) is 14.2 Å². The second kappa shape index (κ2) is 9.54. The van der Waals surface area contributed by atoms with Crippen LogP contribution in [-0.4, -0.2) is 24.2 Å². The van der Waals surface area contributed by atoms with Gasteiger partial charge in [0.15, 0.2) is 11.5 Å². The van der Waals surface area contributed by atoms with E-state index >= 15 is 0 Å². The summed E-state index contributed by atoms with van der Waals surface area (Å²) in [6.45, 7) is 0.399. The van der Waals surface area contributed by atoms with Gasteiger partial charge in [-0.15, -0.1) is 0 Å². The molecule has 0 unspecified atom stereocenters. The van der Waals surface area contributed by atoms with Gasteiger partial charge in [-0.3, -0.25) is 0 Å². The summed E-state index contributed by atoms with van der Waals surface area (Å²) >= 11 is 5.93. The minimum atomic E-state index is 0.370. The van der Waals surface area contributed by atoms with Crippen LogP contribution in [-0.2, 0) is 13.0 Å². The summed E-state index contributed by atoms with van der Waals surface area (Å²) in [5, 5.41) is 10.5. The summed E-state index contributed by atoms with van der Waals surface area (Å²) < 4.78 is 16.6. The highest BCUT2D eigenvalue weighted by Crippen LogP contribution is 2.31. The highest BCUT2D eigenvalue weighted by molar-refractivity contribution is 6.30. The van der Waals surface area contributed by atoms with Crippen LogP contribution in [0, 0.1) is 11.3 Å². The normalized spacial score (nSPS) is 10.6. The van der Waals surface area contributed by atoms with E-state index < -0.39 is 0 Å². The number of halogens is 1. The third kappa shape index (κ3) is 4.58. The Bertz CT molecular complexity index is 1300. The van der Waals surface area contributed by atoms with Crippen LogP contribution >= 0.6 is 11.6 Å². The van der Waals surface area contributed by atoms with E-state index in [2.05, 4.69) is 16.0 Å². The van der Waals surface area contributed by atoms with Gasteiger partial charge in [-0.2, -0.15) is 5.26 Å². The lowest BCUT2D eigenvalue weighted by Gasteiger charge is -2.13. The van der Waals surface area contributed by atoms with Gasteiger partial charge in [0, 0.05) is 5.02 Å². The predicted octanol–water partition coefficient (Wildman–Crippen LogP) is 5.34. The summed E-state index contributed by atoms with van der Waals surface area (Å²) in [7, 11) is 3.13. The Labute approximate surface area is 191 Å². The van der Waals surface area contributed by atoms with Crippen LogP contribution in [0.1, 0.15) is 22.3 Å². The summed E-state index contributed by atoms with van der Waals surface area (Å²) in [4.78, 5) is 8.73. The first kappa shape index (κ1) is 21.4. The van der Waals surface area contributed by atoms with Crippen LogP contribution in [0.15, 0.2) is 60.8 Å². The van der Waals surface area contributed by atoms with E-state index in [0.29, 0.717) is 52.0 Å². The third-order valence-corrected chi connectivity index (χ3v) is 5.28. The maximum absolute atomic E-state index is 9.79. The van der Waals surface area contributed by atoms with Gasteiger partial charge in [0.2, 0.25) is 5.88 Å². The molecule has 160 valence electrons. The van der Waals surface area contributed by atoms with Crippen LogP contribution in [0.5, 0.6) is 17.4 Å². The van der Waals surface area contributed by atoms with Crippen molar-refractivity contribution in [3.05, 3.63) is 88.1 Å². The molecular weight excluding hydrogens is 426 g/mol. The molecule has 7 heteroatoms. The van der Waals surface area contributed by atoms with E-state index in [4.69, 9.17) is 25.8 Å². The SMILES string of the molecule is COc1cnc2ccc(Cc3ccc(OCc4ccc(Cl)cc4)c(OC)c3)c(C#N)c2n1. The quantitative estimate of drug-likeness (QED) is 0.382. The van der Waals surface area contributed by atoms with Crippen LogP contribution in [0.2, 0.25) is 5.02 Å². The number of nitriles is 1. The zero-order chi connectivity index (χ0) is 22.5. The van der Waals surface area contributed by atoms with Gasteiger partial charge in [0.05, 0.1) is 31.5 Å². The van der Waals surface area contributed by atoms with Crippen molar-refractivity contribution < 1.29 is 14.2 Å². The molecule has 0 saturated heterocycles. The molecule has 0 aliphatic heterocycles. The Balaban J connectivity index is 1.58. The summed E-state index contributed by atoms with van der Waals surface area (Å²) in [5.74, 6) is 1.63. The molecule has 1 heterocycles. The molecule has 0 saturated carbocycles. The van der Waals surface area contributed by atoms with Crippen LogP contribution in [0.4, 0.5) is 0 Å². The molecule has 4 rings (SSSR count). The molecule has 1 aromatic heterocycles. The Kier molecular flexibility index (Phi) is 6.39. The van der Waals surface area contributed by atoms with E-state index in [0.717, 1.165) is 16.7 Å². The standard InChI is InChI=1S/C25H20ClN3O3/c1-30-23-12-17(5-10-22(23)32-15-16-3-7-19(26)8-4-16)11-18-6-9-21-25(20(18)13-27)29-24(31-2)14-28-21/h3-10,12,14H,11,15H2,1-2H3. The Morgan fingerprint density at radius 1 is 0.938 bits per heavy atom. The largest absolute Gasteiger partial charge is 0.493 e. The van der Waals surface area contributed by atoms with Crippen molar-refractivity contribution in [1.29, 1.82) is 5.26 Å². The molecule has 0 spiro atoms. The summed E-state index contributed by atoms with van der Waals surface area (Å²) in [6.07, 6.45) is 2.07. The van der Waals surface area contributed by atoms with Gasteiger partial charge in [0.25, 0.3) is 0 Å². The lowest BCUT2D eigenvalue weighted by atomic mass is 9.98. The van der Waals surface area contributed by atoms with E-state index in [1.165, 1.54) is 13.3 Å². The van der Waals surface area contributed by atoms with E-state index in [9.17, 15) is 5.26 Å². The van der Waals surface area contributed by atoms with E-state index in [1.54, 1.807) is 7.11 Å². The molecule has 0 N–H and O–H groups in total. The number of hydrogen-bond acceptors (Lipinski definition) is 6. The number of ether oxygens (including phenoxy) is 3. The predicted molar refractivity (Wildman–Crippen MR) is 122 cm³/mol.